The summed E-state index contributed by atoms with van der Waals surface area (Å²) in [7, 11) is 1.73. The van der Waals surface area contributed by atoms with Crippen molar-refractivity contribution in [2.45, 2.75) is 19.8 Å². The molecule has 2 aromatic heterocycles. The van der Waals surface area contributed by atoms with Crippen molar-refractivity contribution in [2.75, 3.05) is 5.73 Å². The molecule has 21 heavy (non-hydrogen) atoms. The molecule has 1 aromatic carbocycles. The highest BCUT2D eigenvalue weighted by Crippen LogP contribution is 2.27. The van der Waals surface area contributed by atoms with Crippen LogP contribution in [0.4, 0.5) is 14.7 Å². The first-order valence-electron chi connectivity index (χ1n) is 6.68. The van der Waals surface area contributed by atoms with E-state index in [0.29, 0.717) is 11.2 Å². The Bertz CT molecular complexity index is 818. The van der Waals surface area contributed by atoms with E-state index in [1.165, 1.54) is 16.7 Å². The molecule has 0 saturated heterocycles. The van der Waals surface area contributed by atoms with E-state index in [1.807, 2.05) is 6.92 Å². The Kier molecular flexibility index (Phi) is 3.12. The maximum Gasteiger partial charge on any atom is 0.207 e. The summed E-state index contributed by atoms with van der Waals surface area (Å²) >= 11 is 0. The van der Waals surface area contributed by atoms with Crippen LogP contribution >= 0.6 is 0 Å². The van der Waals surface area contributed by atoms with Gasteiger partial charge in [-0.2, -0.15) is 5.10 Å². The molecule has 110 valence electrons. The average molecular weight is 291 g/mol. The summed E-state index contributed by atoms with van der Waals surface area (Å²) < 4.78 is 30.5. The Hall–Kier alpha value is -2.44. The van der Waals surface area contributed by atoms with Gasteiger partial charge >= 0.3 is 0 Å². The van der Waals surface area contributed by atoms with E-state index in [4.69, 9.17) is 5.73 Å². The number of nitrogen functional groups attached to an aromatic ring is 1. The van der Waals surface area contributed by atoms with E-state index >= 15 is 0 Å². The first-order valence-corrected chi connectivity index (χ1v) is 6.68. The predicted molar refractivity (Wildman–Crippen MR) is 76.2 cm³/mol. The van der Waals surface area contributed by atoms with Gasteiger partial charge in [0, 0.05) is 7.05 Å². The number of hydrogen-bond acceptors (Lipinski definition) is 3. The molecule has 2 heterocycles. The standard InChI is InChI=1S/C14H15F2N5/c1-3-5-9-12-13(20(2)19-9)21(14(17)18-12)10-7-4-6-8(15)11(10)16/h4,6-7H,3,5H2,1-2H3,(H2,17,18). The van der Waals surface area contributed by atoms with Crippen molar-refractivity contribution in [1.82, 2.24) is 19.3 Å². The minimum Gasteiger partial charge on any atom is -0.369 e. The smallest absolute Gasteiger partial charge is 0.207 e. The fourth-order valence-electron chi connectivity index (χ4n) is 2.50. The van der Waals surface area contributed by atoms with Crippen LogP contribution in [0.1, 0.15) is 19.0 Å². The topological polar surface area (TPSA) is 61.7 Å². The highest BCUT2D eigenvalue weighted by atomic mass is 19.2. The van der Waals surface area contributed by atoms with E-state index in [1.54, 1.807) is 11.7 Å². The zero-order valence-electron chi connectivity index (χ0n) is 11.8. The van der Waals surface area contributed by atoms with E-state index < -0.39 is 11.6 Å². The Morgan fingerprint density at radius 1 is 1.29 bits per heavy atom. The third kappa shape index (κ3) is 1.96. The molecule has 0 amide bonds. The Morgan fingerprint density at radius 2 is 2.05 bits per heavy atom. The number of anilines is 1. The van der Waals surface area contributed by atoms with Crippen LogP contribution in [-0.4, -0.2) is 19.3 Å². The molecule has 0 saturated carbocycles. The minimum absolute atomic E-state index is 0.0287. The van der Waals surface area contributed by atoms with Gasteiger partial charge in [-0.15, -0.1) is 0 Å². The molecule has 0 aliphatic carbocycles. The number of hydrogen-bond donors (Lipinski definition) is 1. The van der Waals surface area contributed by atoms with Gasteiger partial charge in [0.15, 0.2) is 17.3 Å². The third-order valence-electron chi connectivity index (χ3n) is 3.39. The normalized spacial score (nSPS) is 11.4. The van der Waals surface area contributed by atoms with Gasteiger partial charge in [0.2, 0.25) is 5.95 Å². The molecule has 0 bridgehead atoms. The molecule has 0 radical (unpaired) electrons. The van der Waals surface area contributed by atoms with Crippen molar-refractivity contribution in [3.63, 3.8) is 0 Å². The molecule has 0 aliphatic rings. The van der Waals surface area contributed by atoms with Crippen molar-refractivity contribution in [3.8, 4) is 5.69 Å². The zero-order valence-corrected chi connectivity index (χ0v) is 11.8. The van der Waals surface area contributed by atoms with Gasteiger partial charge < -0.3 is 5.73 Å². The van der Waals surface area contributed by atoms with Crippen molar-refractivity contribution >= 4 is 17.1 Å². The first-order chi connectivity index (χ1) is 10.0. The van der Waals surface area contributed by atoms with Crippen LogP contribution < -0.4 is 5.73 Å². The number of halogens is 2. The average Bonchev–Trinajstić information content (AvgIpc) is 2.92. The summed E-state index contributed by atoms with van der Waals surface area (Å²) in [5.41, 5.74) is 7.92. The number of nitrogens with zero attached hydrogens (tertiary/aromatic N) is 4. The molecule has 0 fully saturated rings. The van der Waals surface area contributed by atoms with Gasteiger partial charge in [0.1, 0.15) is 5.52 Å². The Balaban J connectivity index is 2.33. The lowest BCUT2D eigenvalue weighted by Gasteiger charge is -2.08. The lowest BCUT2D eigenvalue weighted by molar-refractivity contribution is 0.504. The molecule has 3 rings (SSSR count). The summed E-state index contributed by atoms with van der Waals surface area (Å²) in [5.74, 6) is -1.77. The molecule has 0 atom stereocenters. The van der Waals surface area contributed by atoms with Crippen molar-refractivity contribution in [3.05, 3.63) is 35.5 Å². The maximum absolute atomic E-state index is 14.1. The molecule has 0 aliphatic heterocycles. The van der Waals surface area contributed by atoms with E-state index in [9.17, 15) is 8.78 Å². The fraction of sp³-hybridized carbons (Fsp3) is 0.286. The number of imidazole rings is 1. The van der Waals surface area contributed by atoms with Gasteiger partial charge in [-0.3, -0.25) is 4.57 Å². The number of aryl methyl sites for hydroxylation is 2. The highest BCUT2D eigenvalue weighted by molar-refractivity contribution is 5.80. The second-order valence-corrected chi connectivity index (χ2v) is 4.87. The number of aromatic nitrogens is 4. The summed E-state index contributed by atoms with van der Waals surface area (Å²) in [6, 6.07) is 3.96. The molecular formula is C14H15F2N5. The van der Waals surface area contributed by atoms with Crippen LogP contribution in [0, 0.1) is 11.6 Å². The van der Waals surface area contributed by atoms with Crippen LogP contribution in [0.15, 0.2) is 18.2 Å². The van der Waals surface area contributed by atoms with Crippen LogP contribution in [-0.2, 0) is 13.5 Å². The van der Waals surface area contributed by atoms with Crippen molar-refractivity contribution in [1.29, 1.82) is 0 Å². The largest absolute Gasteiger partial charge is 0.369 e. The SMILES string of the molecule is CCCc1nn(C)c2c1nc(N)n2-c1cccc(F)c1F. The van der Waals surface area contributed by atoms with Gasteiger partial charge in [-0.05, 0) is 18.6 Å². The molecule has 5 nitrogen and oxygen atoms in total. The second-order valence-electron chi connectivity index (χ2n) is 4.87. The van der Waals surface area contributed by atoms with E-state index in [-0.39, 0.29) is 11.6 Å². The zero-order chi connectivity index (χ0) is 15.1. The number of fused-ring (bicyclic) bond motifs is 1. The maximum atomic E-state index is 14.1. The highest BCUT2D eigenvalue weighted by Gasteiger charge is 2.21. The summed E-state index contributed by atoms with van der Waals surface area (Å²) in [4.78, 5) is 4.27. The summed E-state index contributed by atoms with van der Waals surface area (Å²) in [6.07, 6.45) is 1.66. The van der Waals surface area contributed by atoms with Crippen LogP contribution in [0.2, 0.25) is 0 Å². The monoisotopic (exact) mass is 291 g/mol. The number of nitrogens with two attached hydrogens (primary N) is 1. The number of benzene rings is 1. The lowest BCUT2D eigenvalue weighted by atomic mass is 10.2. The quantitative estimate of drug-likeness (QED) is 0.806. The Morgan fingerprint density at radius 3 is 2.76 bits per heavy atom. The van der Waals surface area contributed by atoms with Crippen molar-refractivity contribution < 1.29 is 8.78 Å². The molecule has 3 aromatic rings. The lowest BCUT2D eigenvalue weighted by Crippen LogP contribution is -2.07. The molecule has 7 heteroatoms. The van der Waals surface area contributed by atoms with Crippen LogP contribution in [0.25, 0.3) is 16.9 Å². The van der Waals surface area contributed by atoms with Crippen LogP contribution in [0.3, 0.4) is 0 Å². The third-order valence-corrected chi connectivity index (χ3v) is 3.39. The van der Waals surface area contributed by atoms with Gasteiger partial charge in [0.05, 0.1) is 11.4 Å². The van der Waals surface area contributed by atoms with E-state index in [0.717, 1.165) is 24.6 Å². The first kappa shape index (κ1) is 13.5. The van der Waals surface area contributed by atoms with Gasteiger partial charge in [-0.25, -0.2) is 18.4 Å². The molecule has 2 N–H and O–H groups in total. The van der Waals surface area contributed by atoms with Gasteiger partial charge in [0.25, 0.3) is 0 Å². The Labute approximate surface area is 120 Å². The van der Waals surface area contributed by atoms with Gasteiger partial charge in [-0.1, -0.05) is 19.4 Å². The molecule has 0 spiro atoms. The van der Waals surface area contributed by atoms with E-state index in [2.05, 4.69) is 10.1 Å². The molecule has 0 unspecified atom stereocenters. The van der Waals surface area contributed by atoms with Crippen LogP contribution in [0.5, 0.6) is 0 Å². The second kappa shape index (κ2) is 4.83. The van der Waals surface area contributed by atoms with Crippen molar-refractivity contribution in [2.24, 2.45) is 7.05 Å². The summed E-state index contributed by atoms with van der Waals surface area (Å²) in [6.45, 7) is 2.03. The minimum atomic E-state index is -0.957. The predicted octanol–water partition coefficient (Wildman–Crippen LogP) is 2.57. The fourth-order valence-corrected chi connectivity index (χ4v) is 2.50. The summed E-state index contributed by atoms with van der Waals surface area (Å²) in [5, 5.41) is 4.38. The number of rotatable bonds is 3. The molecular weight excluding hydrogens is 276 g/mol.